The van der Waals surface area contributed by atoms with Crippen LogP contribution in [0.4, 0.5) is 5.69 Å². The highest BCUT2D eigenvalue weighted by atomic mass is 16.4. The normalized spacial score (nSPS) is 10.8. The van der Waals surface area contributed by atoms with Crippen molar-refractivity contribution in [3.05, 3.63) is 101 Å². The summed E-state index contributed by atoms with van der Waals surface area (Å²) in [5, 5.41) is 13.1. The van der Waals surface area contributed by atoms with E-state index in [1.54, 1.807) is 18.2 Å². The molecule has 0 fully saturated rings. The van der Waals surface area contributed by atoms with Crippen LogP contribution < -0.4 is 5.32 Å². The van der Waals surface area contributed by atoms with E-state index in [2.05, 4.69) is 5.32 Å². The zero-order chi connectivity index (χ0) is 20.4. The standard InChI is InChI=1S/C24H20N2O3/c1-16-10-12-17(13-11-16)15-26-21-9-5-2-6-18(21)14-22(26)23(27)25-20-8-4-3-7-19(20)24(28)29/h2-14H,15H2,1H3,(H,25,27)(H,28,29). The Labute approximate surface area is 168 Å². The SMILES string of the molecule is Cc1ccc(Cn2c(C(=O)Nc3ccccc3C(=O)O)cc3ccccc32)cc1. The molecule has 0 aliphatic carbocycles. The average molecular weight is 384 g/mol. The number of carbonyl (C=O) groups is 2. The zero-order valence-electron chi connectivity index (χ0n) is 15.9. The molecule has 1 aromatic heterocycles. The van der Waals surface area contributed by atoms with Crippen molar-refractivity contribution in [1.29, 1.82) is 0 Å². The molecule has 0 saturated carbocycles. The molecule has 144 valence electrons. The molecule has 1 amide bonds. The highest BCUT2D eigenvalue weighted by Gasteiger charge is 2.18. The maximum absolute atomic E-state index is 13.1. The number of aromatic carboxylic acids is 1. The van der Waals surface area contributed by atoms with Crippen molar-refractivity contribution in [1.82, 2.24) is 4.57 Å². The Bertz CT molecular complexity index is 1210. The largest absolute Gasteiger partial charge is 0.478 e. The fourth-order valence-corrected chi connectivity index (χ4v) is 3.41. The van der Waals surface area contributed by atoms with Gasteiger partial charge in [-0.15, -0.1) is 0 Å². The number of hydrogen-bond acceptors (Lipinski definition) is 2. The van der Waals surface area contributed by atoms with Gasteiger partial charge < -0.3 is 15.0 Å². The lowest BCUT2D eigenvalue weighted by Gasteiger charge is -2.13. The van der Waals surface area contributed by atoms with Crippen LogP contribution >= 0.6 is 0 Å². The maximum Gasteiger partial charge on any atom is 0.337 e. The fourth-order valence-electron chi connectivity index (χ4n) is 3.41. The molecule has 2 N–H and O–H groups in total. The van der Waals surface area contributed by atoms with Crippen LogP contribution in [0.15, 0.2) is 78.9 Å². The summed E-state index contributed by atoms with van der Waals surface area (Å²) in [6.07, 6.45) is 0. The molecule has 0 radical (unpaired) electrons. The number of nitrogens with zero attached hydrogens (tertiary/aromatic N) is 1. The lowest BCUT2D eigenvalue weighted by molar-refractivity contribution is 0.0698. The number of aryl methyl sites for hydroxylation is 1. The Kier molecular flexibility index (Phi) is 4.87. The molecule has 0 spiro atoms. The molecule has 0 aliphatic rings. The number of hydrogen-bond donors (Lipinski definition) is 2. The van der Waals surface area contributed by atoms with Crippen LogP contribution in [0.1, 0.15) is 32.0 Å². The molecule has 4 rings (SSSR count). The van der Waals surface area contributed by atoms with Crippen LogP contribution in [0.5, 0.6) is 0 Å². The van der Waals surface area contributed by atoms with Crippen molar-refractivity contribution in [2.24, 2.45) is 0 Å². The zero-order valence-corrected chi connectivity index (χ0v) is 15.9. The summed E-state index contributed by atoms with van der Waals surface area (Å²) in [6, 6.07) is 24.2. The number of fused-ring (bicyclic) bond motifs is 1. The molecule has 29 heavy (non-hydrogen) atoms. The van der Waals surface area contributed by atoms with E-state index in [9.17, 15) is 14.7 Å². The van der Waals surface area contributed by atoms with E-state index in [0.29, 0.717) is 12.2 Å². The molecule has 0 saturated heterocycles. The molecular weight excluding hydrogens is 364 g/mol. The van der Waals surface area contributed by atoms with E-state index in [0.717, 1.165) is 16.5 Å². The first-order valence-corrected chi connectivity index (χ1v) is 9.30. The Morgan fingerprint density at radius 1 is 0.931 bits per heavy atom. The number of nitrogens with one attached hydrogen (secondary N) is 1. The van der Waals surface area contributed by atoms with Crippen molar-refractivity contribution < 1.29 is 14.7 Å². The smallest absolute Gasteiger partial charge is 0.337 e. The quantitative estimate of drug-likeness (QED) is 0.511. The highest BCUT2D eigenvalue weighted by Crippen LogP contribution is 2.23. The van der Waals surface area contributed by atoms with Gasteiger partial charge >= 0.3 is 5.97 Å². The number of anilines is 1. The third-order valence-corrected chi connectivity index (χ3v) is 4.91. The first-order chi connectivity index (χ1) is 14.0. The minimum atomic E-state index is -1.08. The van der Waals surface area contributed by atoms with E-state index in [1.807, 2.05) is 66.1 Å². The fraction of sp³-hybridized carbons (Fsp3) is 0.0833. The molecular formula is C24H20N2O3. The van der Waals surface area contributed by atoms with Gasteiger partial charge in [-0.25, -0.2) is 4.79 Å². The molecule has 0 aliphatic heterocycles. The molecule has 0 bridgehead atoms. The first kappa shape index (κ1) is 18.5. The van der Waals surface area contributed by atoms with Crippen molar-refractivity contribution in [3.63, 3.8) is 0 Å². The number of rotatable bonds is 5. The van der Waals surface area contributed by atoms with Gasteiger partial charge in [0.2, 0.25) is 0 Å². The second kappa shape index (κ2) is 7.64. The predicted octanol–water partition coefficient (Wildman–Crippen LogP) is 4.95. The monoisotopic (exact) mass is 384 g/mol. The average Bonchev–Trinajstić information content (AvgIpc) is 3.08. The Hall–Kier alpha value is -3.86. The van der Waals surface area contributed by atoms with Crippen LogP contribution in [0, 0.1) is 6.92 Å². The van der Waals surface area contributed by atoms with Crippen LogP contribution in [-0.4, -0.2) is 21.6 Å². The summed E-state index contributed by atoms with van der Waals surface area (Å²) in [5.41, 5.74) is 4.02. The van der Waals surface area contributed by atoms with Gasteiger partial charge in [-0.1, -0.05) is 60.2 Å². The number of carbonyl (C=O) groups excluding carboxylic acids is 1. The molecule has 0 atom stereocenters. The number of para-hydroxylation sites is 2. The van der Waals surface area contributed by atoms with Gasteiger partial charge in [-0.05, 0) is 36.8 Å². The molecule has 4 aromatic rings. The van der Waals surface area contributed by atoms with Gasteiger partial charge in [0.05, 0.1) is 11.3 Å². The first-order valence-electron chi connectivity index (χ1n) is 9.30. The summed E-state index contributed by atoms with van der Waals surface area (Å²) in [4.78, 5) is 24.6. The molecule has 5 nitrogen and oxygen atoms in total. The molecule has 0 unspecified atom stereocenters. The van der Waals surface area contributed by atoms with Gasteiger partial charge in [0.15, 0.2) is 0 Å². The summed E-state index contributed by atoms with van der Waals surface area (Å²) >= 11 is 0. The predicted molar refractivity (Wildman–Crippen MR) is 114 cm³/mol. The third-order valence-electron chi connectivity index (χ3n) is 4.91. The topological polar surface area (TPSA) is 71.3 Å². The van der Waals surface area contributed by atoms with Crippen molar-refractivity contribution >= 4 is 28.5 Å². The summed E-state index contributed by atoms with van der Waals surface area (Å²) in [6.45, 7) is 2.57. The number of benzene rings is 3. The van der Waals surface area contributed by atoms with E-state index in [1.165, 1.54) is 11.6 Å². The van der Waals surface area contributed by atoms with E-state index < -0.39 is 5.97 Å². The van der Waals surface area contributed by atoms with Crippen LogP contribution in [0.25, 0.3) is 10.9 Å². The number of aromatic nitrogens is 1. The Morgan fingerprint density at radius 3 is 2.38 bits per heavy atom. The minimum absolute atomic E-state index is 0.0574. The van der Waals surface area contributed by atoms with Gasteiger partial charge in [0, 0.05) is 17.4 Å². The Balaban J connectivity index is 1.74. The Morgan fingerprint density at radius 2 is 1.62 bits per heavy atom. The number of amides is 1. The molecule has 3 aromatic carbocycles. The molecule has 5 heteroatoms. The van der Waals surface area contributed by atoms with Gasteiger partial charge in [-0.3, -0.25) is 4.79 Å². The van der Waals surface area contributed by atoms with Crippen LogP contribution in [-0.2, 0) is 6.54 Å². The van der Waals surface area contributed by atoms with Gasteiger partial charge in [0.25, 0.3) is 5.91 Å². The van der Waals surface area contributed by atoms with Crippen LogP contribution in [0.3, 0.4) is 0 Å². The molecule has 1 heterocycles. The number of carboxylic acids is 1. The van der Waals surface area contributed by atoms with Crippen molar-refractivity contribution in [2.45, 2.75) is 13.5 Å². The van der Waals surface area contributed by atoms with E-state index in [-0.39, 0.29) is 17.2 Å². The van der Waals surface area contributed by atoms with E-state index in [4.69, 9.17) is 0 Å². The lowest BCUT2D eigenvalue weighted by atomic mass is 10.1. The minimum Gasteiger partial charge on any atom is -0.478 e. The van der Waals surface area contributed by atoms with Crippen molar-refractivity contribution in [2.75, 3.05) is 5.32 Å². The van der Waals surface area contributed by atoms with Crippen LogP contribution in [0.2, 0.25) is 0 Å². The maximum atomic E-state index is 13.1. The second-order valence-corrected chi connectivity index (χ2v) is 6.96. The van der Waals surface area contributed by atoms with Gasteiger partial charge in [0.1, 0.15) is 5.69 Å². The summed E-state index contributed by atoms with van der Waals surface area (Å²) in [5.74, 6) is -1.43. The summed E-state index contributed by atoms with van der Waals surface area (Å²) in [7, 11) is 0. The lowest BCUT2D eigenvalue weighted by Crippen LogP contribution is -2.19. The highest BCUT2D eigenvalue weighted by molar-refractivity contribution is 6.09. The summed E-state index contributed by atoms with van der Waals surface area (Å²) < 4.78 is 1.96. The number of carboxylic acid groups (broad SMARTS) is 1. The second-order valence-electron chi connectivity index (χ2n) is 6.96. The third kappa shape index (κ3) is 3.75. The van der Waals surface area contributed by atoms with Crippen molar-refractivity contribution in [3.8, 4) is 0 Å². The van der Waals surface area contributed by atoms with E-state index >= 15 is 0 Å². The van der Waals surface area contributed by atoms with Gasteiger partial charge in [-0.2, -0.15) is 0 Å².